The predicted octanol–water partition coefficient (Wildman–Crippen LogP) is 2.10. The topological polar surface area (TPSA) is 96.9 Å². The molecule has 0 aliphatic heterocycles. The summed E-state index contributed by atoms with van der Waals surface area (Å²) in [5, 5.41) is 16.0. The summed E-state index contributed by atoms with van der Waals surface area (Å²) in [4.78, 5) is 12.6. The number of amides is 1. The van der Waals surface area contributed by atoms with Gasteiger partial charge in [-0.15, -0.1) is 11.3 Å². The highest BCUT2D eigenvalue weighted by Gasteiger charge is 2.13. The molecule has 0 saturated heterocycles. The Bertz CT molecular complexity index is 635. The fraction of sp³-hybridized carbons (Fsp3) is 0.0769. The lowest BCUT2D eigenvalue weighted by molar-refractivity contribution is 0.102. The fourth-order valence-corrected chi connectivity index (χ4v) is 2.35. The van der Waals surface area contributed by atoms with Gasteiger partial charge in [0.2, 0.25) is 0 Å². The van der Waals surface area contributed by atoms with E-state index in [0.29, 0.717) is 21.9 Å². The number of nitrogens with zero attached hydrogens (tertiary/aromatic N) is 1. The maximum Gasteiger partial charge on any atom is 0.269 e. The second-order valence-electron chi connectivity index (χ2n) is 3.83. The van der Waals surface area contributed by atoms with Crippen LogP contribution in [0.2, 0.25) is 0 Å². The molecule has 7 heteroatoms. The van der Waals surface area contributed by atoms with Gasteiger partial charge >= 0.3 is 0 Å². The van der Waals surface area contributed by atoms with Gasteiger partial charge in [0.05, 0.1) is 7.11 Å². The molecule has 4 N–H and O–H groups in total. The SMILES string of the molecule is COc1ccsc1C(=O)Nc1ccc(/C(N)=N/O)cc1. The molecule has 20 heavy (non-hydrogen) atoms. The van der Waals surface area contributed by atoms with E-state index in [-0.39, 0.29) is 11.7 Å². The van der Waals surface area contributed by atoms with Gasteiger partial charge in [0, 0.05) is 11.3 Å². The Morgan fingerprint density at radius 3 is 2.65 bits per heavy atom. The molecule has 0 bridgehead atoms. The van der Waals surface area contributed by atoms with Crippen LogP contribution in [0.4, 0.5) is 5.69 Å². The summed E-state index contributed by atoms with van der Waals surface area (Å²) in [7, 11) is 1.52. The quantitative estimate of drug-likeness (QED) is 0.348. The van der Waals surface area contributed by atoms with E-state index in [2.05, 4.69) is 10.5 Å². The van der Waals surface area contributed by atoms with E-state index in [1.807, 2.05) is 0 Å². The lowest BCUT2D eigenvalue weighted by Crippen LogP contribution is -2.14. The maximum atomic E-state index is 12.1. The summed E-state index contributed by atoms with van der Waals surface area (Å²) in [5.74, 6) is 0.317. The number of rotatable bonds is 4. The monoisotopic (exact) mass is 291 g/mol. The van der Waals surface area contributed by atoms with Gasteiger partial charge in [0.25, 0.3) is 5.91 Å². The molecule has 6 nitrogen and oxygen atoms in total. The van der Waals surface area contributed by atoms with E-state index in [1.54, 1.807) is 35.7 Å². The van der Waals surface area contributed by atoms with Crippen molar-refractivity contribution in [3.63, 3.8) is 0 Å². The third-order valence-electron chi connectivity index (χ3n) is 2.60. The van der Waals surface area contributed by atoms with Gasteiger partial charge in [-0.2, -0.15) is 0 Å². The van der Waals surface area contributed by atoms with E-state index in [1.165, 1.54) is 18.4 Å². The predicted molar refractivity (Wildman–Crippen MR) is 77.8 cm³/mol. The average molecular weight is 291 g/mol. The number of ether oxygens (including phenoxy) is 1. The van der Waals surface area contributed by atoms with E-state index in [4.69, 9.17) is 15.7 Å². The highest BCUT2D eigenvalue weighted by molar-refractivity contribution is 7.12. The Morgan fingerprint density at radius 2 is 2.05 bits per heavy atom. The van der Waals surface area contributed by atoms with Crippen LogP contribution < -0.4 is 15.8 Å². The van der Waals surface area contributed by atoms with Crippen LogP contribution in [0.25, 0.3) is 0 Å². The smallest absolute Gasteiger partial charge is 0.269 e. The summed E-state index contributed by atoms with van der Waals surface area (Å²) >= 11 is 1.30. The molecule has 2 aromatic rings. The van der Waals surface area contributed by atoms with Crippen molar-refractivity contribution < 1.29 is 14.7 Å². The molecule has 104 valence electrons. The largest absolute Gasteiger partial charge is 0.495 e. The second kappa shape index (κ2) is 6.07. The van der Waals surface area contributed by atoms with Crippen molar-refractivity contribution in [2.75, 3.05) is 12.4 Å². The fourth-order valence-electron chi connectivity index (χ4n) is 1.59. The molecule has 1 aromatic heterocycles. The maximum absolute atomic E-state index is 12.1. The number of carbonyl (C=O) groups excluding carboxylic acids is 1. The van der Waals surface area contributed by atoms with Crippen LogP contribution in [0.1, 0.15) is 15.2 Å². The van der Waals surface area contributed by atoms with E-state index in [0.717, 1.165) is 0 Å². The van der Waals surface area contributed by atoms with Crippen molar-refractivity contribution in [2.24, 2.45) is 10.9 Å². The van der Waals surface area contributed by atoms with Crippen LogP contribution in [0.15, 0.2) is 40.9 Å². The number of hydrogen-bond donors (Lipinski definition) is 3. The van der Waals surface area contributed by atoms with Crippen LogP contribution in [-0.2, 0) is 0 Å². The minimum absolute atomic E-state index is 0.0165. The van der Waals surface area contributed by atoms with E-state index >= 15 is 0 Å². The number of hydrogen-bond acceptors (Lipinski definition) is 5. The molecule has 0 spiro atoms. The first-order valence-corrected chi connectivity index (χ1v) is 6.54. The molecule has 0 atom stereocenters. The van der Waals surface area contributed by atoms with Crippen molar-refractivity contribution in [2.45, 2.75) is 0 Å². The molecule has 2 rings (SSSR count). The third kappa shape index (κ3) is 2.89. The van der Waals surface area contributed by atoms with Crippen molar-refractivity contribution >= 4 is 28.8 Å². The van der Waals surface area contributed by atoms with Crippen LogP contribution in [0.3, 0.4) is 0 Å². The number of carbonyl (C=O) groups is 1. The minimum atomic E-state index is -0.242. The molecule has 1 amide bonds. The zero-order valence-electron chi connectivity index (χ0n) is 10.7. The Morgan fingerprint density at radius 1 is 1.35 bits per heavy atom. The summed E-state index contributed by atoms with van der Waals surface area (Å²) in [6.07, 6.45) is 0. The summed E-state index contributed by atoms with van der Waals surface area (Å²) in [6.45, 7) is 0. The minimum Gasteiger partial charge on any atom is -0.495 e. The number of nitrogens with two attached hydrogens (primary N) is 1. The molecule has 0 aliphatic rings. The van der Waals surface area contributed by atoms with Crippen molar-refractivity contribution in [3.05, 3.63) is 46.2 Å². The van der Waals surface area contributed by atoms with Crippen molar-refractivity contribution in [1.29, 1.82) is 0 Å². The summed E-state index contributed by atoms with van der Waals surface area (Å²) in [5.41, 5.74) is 6.64. The molecule has 1 aromatic carbocycles. The molecule has 0 fully saturated rings. The number of thiophene rings is 1. The van der Waals surface area contributed by atoms with Gasteiger partial charge in [-0.3, -0.25) is 4.79 Å². The lowest BCUT2D eigenvalue weighted by Gasteiger charge is -2.06. The second-order valence-corrected chi connectivity index (χ2v) is 4.75. The van der Waals surface area contributed by atoms with Gasteiger partial charge in [-0.05, 0) is 35.7 Å². The Balaban J connectivity index is 2.12. The number of amidine groups is 1. The molecule has 0 aliphatic carbocycles. The van der Waals surface area contributed by atoms with Gasteiger partial charge < -0.3 is 21.0 Å². The zero-order valence-corrected chi connectivity index (χ0v) is 11.5. The Kier molecular flexibility index (Phi) is 4.21. The summed E-state index contributed by atoms with van der Waals surface area (Å²) in [6, 6.07) is 8.38. The Hall–Kier alpha value is -2.54. The molecule has 0 unspecified atom stereocenters. The van der Waals surface area contributed by atoms with Crippen LogP contribution >= 0.6 is 11.3 Å². The molecule has 0 radical (unpaired) electrons. The lowest BCUT2D eigenvalue weighted by atomic mass is 10.2. The molecular weight excluding hydrogens is 278 g/mol. The van der Waals surface area contributed by atoms with Crippen molar-refractivity contribution in [1.82, 2.24) is 0 Å². The van der Waals surface area contributed by atoms with Crippen molar-refractivity contribution in [3.8, 4) is 5.75 Å². The Labute approximate surface area is 119 Å². The number of oxime groups is 1. The van der Waals surface area contributed by atoms with Crippen LogP contribution in [0, 0.1) is 0 Å². The number of anilines is 1. The van der Waals surface area contributed by atoms with E-state index < -0.39 is 0 Å². The highest BCUT2D eigenvalue weighted by Crippen LogP contribution is 2.25. The number of methoxy groups -OCH3 is 1. The normalized spacial score (nSPS) is 11.2. The van der Waals surface area contributed by atoms with Gasteiger partial charge in [0.1, 0.15) is 10.6 Å². The van der Waals surface area contributed by atoms with Gasteiger partial charge in [-0.1, -0.05) is 5.16 Å². The van der Waals surface area contributed by atoms with Crippen LogP contribution in [-0.4, -0.2) is 24.1 Å². The molecule has 1 heterocycles. The molecular formula is C13H13N3O3S. The first-order valence-electron chi connectivity index (χ1n) is 5.66. The standard InChI is InChI=1S/C13H13N3O3S/c1-19-10-6-7-20-11(10)13(17)15-9-4-2-8(3-5-9)12(14)16-18/h2-7,18H,1H3,(H2,14,16)(H,15,17). The average Bonchev–Trinajstić information content (AvgIpc) is 2.95. The number of benzene rings is 1. The first-order chi connectivity index (χ1) is 9.65. The third-order valence-corrected chi connectivity index (χ3v) is 3.50. The molecule has 0 saturated carbocycles. The van der Waals surface area contributed by atoms with E-state index in [9.17, 15) is 4.79 Å². The van der Waals surface area contributed by atoms with Gasteiger partial charge in [-0.25, -0.2) is 0 Å². The van der Waals surface area contributed by atoms with Crippen LogP contribution in [0.5, 0.6) is 5.75 Å². The summed E-state index contributed by atoms with van der Waals surface area (Å²) < 4.78 is 5.10. The number of nitrogens with one attached hydrogen (secondary N) is 1. The zero-order chi connectivity index (χ0) is 14.5. The first kappa shape index (κ1) is 13.9. The highest BCUT2D eigenvalue weighted by atomic mass is 32.1. The van der Waals surface area contributed by atoms with Gasteiger partial charge in [0.15, 0.2) is 5.84 Å².